The molecule has 2 nitrogen and oxygen atoms in total. The second kappa shape index (κ2) is 5.19. The first-order valence-corrected chi connectivity index (χ1v) is 6.65. The topological polar surface area (TPSA) is 18.5 Å². The average molecular weight is 234 g/mol. The molecule has 1 aromatic rings. The van der Waals surface area contributed by atoms with E-state index in [1.54, 1.807) is 0 Å². The van der Waals surface area contributed by atoms with E-state index in [0.29, 0.717) is 0 Å². The maximum atomic E-state index is 6.21. The summed E-state index contributed by atoms with van der Waals surface area (Å²) in [5.41, 5.74) is 1.23. The molecular formula is C15H22O2. The molecule has 1 aliphatic heterocycles. The van der Waals surface area contributed by atoms with E-state index in [2.05, 4.69) is 45.0 Å². The van der Waals surface area contributed by atoms with Gasteiger partial charge in [-0.1, -0.05) is 51.1 Å². The van der Waals surface area contributed by atoms with E-state index < -0.39 is 0 Å². The number of hydrogen-bond acceptors (Lipinski definition) is 2. The lowest BCUT2D eigenvalue weighted by atomic mass is 10.0. The number of rotatable bonds is 4. The molecule has 0 saturated carbocycles. The van der Waals surface area contributed by atoms with Gasteiger partial charge in [0.25, 0.3) is 0 Å². The SMILES string of the molecule is CC[C@H]1OC(CC)(CC)O[C@@H]1c1ccccc1. The molecule has 2 heteroatoms. The summed E-state index contributed by atoms with van der Waals surface area (Å²) in [5, 5.41) is 0. The Morgan fingerprint density at radius 1 is 1.00 bits per heavy atom. The monoisotopic (exact) mass is 234 g/mol. The zero-order chi connectivity index (χ0) is 12.3. The quantitative estimate of drug-likeness (QED) is 0.782. The second-order valence-electron chi connectivity index (χ2n) is 4.63. The van der Waals surface area contributed by atoms with Crippen molar-refractivity contribution < 1.29 is 9.47 Å². The van der Waals surface area contributed by atoms with E-state index in [-0.39, 0.29) is 18.0 Å². The third-order valence-electron chi connectivity index (χ3n) is 3.65. The van der Waals surface area contributed by atoms with Crippen LogP contribution in [0.1, 0.15) is 51.7 Å². The first kappa shape index (κ1) is 12.6. The summed E-state index contributed by atoms with van der Waals surface area (Å²) in [6.07, 6.45) is 3.06. The zero-order valence-corrected chi connectivity index (χ0v) is 11.0. The predicted octanol–water partition coefficient (Wildman–Crippen LogP) is 4.07. The summed E-state index contributed by atoms with van der Waals surface area (Å²) in [6, 6.07) is 10.4. The average Bonchev–Trinajstić information content (AvgIpc) is 2.79. The Labute approximate surface area is 104 Å². The van der Waals surface area contributed by atoms with Gasteiger partial charge in [0.15, 0.2) is 5.79 Å². The highest BCUT2D eigenvalue weighted by atomic mass is 16.8. The maximum absolute atomic E-state index is 6.21. The molecule has 2 rings (SSSR count). The van der Waals surface area contributed by atoms with E-state index in [0.717, 1.165) is 19.3 Å². The fourth-order valence-corrected chi connectivity index (χ4v) is 2.48. The van der Waals surface area contributed by atoms with Gasteiger partial charge in [-0.2, -0.15) is 0 Å². The minimum atomic E-state index is -0.374. The van der Waals surface area contributed by atoms with Crippen LogP contribution in [0.25, 0.3) is 0 Å². The van der Waals surface area contributed by atoms with Gasteiger partial charge in [0, 0.05) is 0 Å². The fourth-order valence-electron chi connectivity index (χ4n) is 2.48. The van der Waals surface area contributed by atoms with E-state index >= 15 is 0 Å². The van der Waals surface area contributed by atoms with Gasteiger partial charge in [-0.05, 0) is 24.8 Å². The summed E-state index contributed by atoms with van der Waals surface area (Å²) >= 11 is 0. The van der Waals surface area contributed by atoms with Crippen LogP contribution in [-0.2, 0) is 9.47 Å². The lowest BCUT2D eigenvalue weighted by Crippen LogP contribution is -2.28. The van der Waals surface area contributed by atoms with Crippen LogP contribution in [0.2, 0.25) is 0 Å². The molecule has 1 aliphatic rings. The number of benzene rings is 1. The molecule has 2 atom stereocenters. The van der Waals surface area contributed by atoms with Crippen LogP contribution in [0.4, 0.5) is 0 Å². The molecular weight excluding hydrogens is 212 g/mol. The Hall–Kier alpha value is -0.860. The maximum Gasteiger partial charge on any atom is 0.169 e. The molecule has 1 saturated heterocycles. The molecule has 0 radical (unpaired) electrons. The molecule has 0 spiro atoms. The lowest BCUT2D eigenvalue weighted by Gasteiger charge is -2.25. The standard InChI is InChI=1S/C15H22O2/c1-4-13-14(12-10-8-7-9-11-12)17-15(5-2,6-3)16-13/h7-11,13-14H,4-6H2,1-3H3/t13-,14-/m1/s1. The second-order valence-corrected chi connectivity index (χ2v) is 4.63. The van der Waals surface area contributed by atoms with Crippen molar-refractivity contribution in [1.29, 1.82) is 0 Å². The summed E-state index contributed by atoms with van der Waals surface area (Å²) < 4.78 is 12.4. The molecule has 1 heterocycles. The molecule has 0 amide bonds. The van der Waals surface area contributed by atoms with Crippen molar-refractivity contribution in [3.63, 3.8) is 0 Å². The van der Waals surface area contributed by atoms with Gasteiger partial charge >= 0.3 is 0 Å². The van der Waals surface area contributed by atoms with E-state index in [1.165, 1.54) is 5.56 Å². The van der Waals surface area contributed by atoms with Crippen molar-refractivity contribution in [1.82, 2.24) is 0 Å². The molecule has 0 aliphatic carbocycles. The molecule has 0 N–H and O–H groups in total. The van der Waals surface area contributed by atoms with Crippen LogP contribution in [0, 0.1) is 0 Å². The van der Waals surface area contributed by atoms with Gasteiger partial charge in [-0.25, -0.2) is 0 Å². The summed E-state index contributed by atoms with van der Waals surface area (Å²) in [5.74, 6) is -0.374. The molecule has 1 aromatic carbocycles. The van der Waals surface area contributed by atoms with Crippen LogP contribution in [-0.4, -0.2) is 11.9 Å². The van der Waals surface area contributed by atoms with Crippen molar-refractivity contribution in [3.05, 3.63) is 35.9 Å². The minimum Gasteiger partial charge on any atom is -0.344 e. The summed E-state index contributed by atoms with van der Waals surface area (Å²) in [4.78, 5) is 0. The third kappa shape index (κ3) is 2.38. The van der Waals surface area contributed by atoms with E-state index in [4.69, 9.17) is 9.47 Å². The van der Waals surface area contributed by atoms with Crippen LogP contribution in [0.15, 0.2) is 30.3 Å². The normalized spacial score (nSPS) is 27.2. The highest BCUT2D eigenvalue weighted by molar-refractivity contribution is 5.19. The van der Waals surface area contributed by atoms with Crippen molar-refractivity contribution in [2.24, 2.45) is 0 Å². The number of hydrogen-bond donors (Lipinski definition) is 0. The number of ether oxygens (including phenoxy) is 2. The van der Waals surface area contributed by atoms with Gasteiger partial charge in [0.2, 0.25) is 0 Å². The van der Waals surface area contributed by atoms with Gasteiger partial charge in [0.1, 0.15) is 6.10 Å². The van der Waals surface area contributed by atoms with Crippen molar-refractivity contribution >= 4 is 0 Å². The molecule has 17 heavy (non-hydrogen) atoms. The van der Waals surface area contributed by atoms with Gasteiger partial charge in [-0.3, -0.25) is 0 Å². The van der Waals surface area contributed by atoms with Crippen molar-refractivity contribution in [2.75, 3.05) is 0 Å². The Balaban J connectivity index is 2.23. The smallest absolute Gasteiger partial charge is 0.169 e. The van der Waals surface area contributed by atoms with Gasteiger partial charge in [-0.15, -0.1) is 0 Å². The molecule has 0 aromatic heterocycles. The van der Waals surface area contributed by atoms with Crippen LogP contribution in [0.5, 0.6) is 0 Å². The van der Waals surface area contributed by atoms with Crippen LogP contribution < -0.4 is 0 Å². The van der Waals surface area contributed by atoms with Gasteiger partial charge < -0.3 is 9.47 Å². The molecule has 1 fully saturated rings. The summed E-state index contributed by atoms with van der Waals surface area (Å²) in [6.45, 7) is 6.42. The fraction of sp³-hybridized carbons (Fsp3) is 0.600. The van der Waals surface area contributed by atoms with Crippen molar-refractivity contribution in [3.8, 4) is 0 Å². The third-order valence-corrected chi connectivity index (χ3v) is 3.65. The first-order valence-electron chi connectivity index (χ1n) is 6.65. The predicted molar refractivity (Wildman–Crippen MR) is 68.7 cm³/mol. The zero-order valence-electron chi connectivity index (χ0n) is 11.0. The highest BCUT2D eigenvalue weighted by Crippen LogP contribution is 2.43. The van der Waals surface area contributed by atoms with E-state index in [9.17, 15) is 0 Å². The first-order chi connectivity index (χ1) is 8.24. The highest BCUT2D eigenvalue weighted by Gasteiger charge is 2.44. The Bertz CT molecular complexity index is 343. The molecule has 0 unspecified atom stereocenters. The van der Waals surface area contributed by atoms with Crippen LogP contribution in [0.3, 0.4) is 0 Å². The Morgan fingerprint density at radius 2 is 1.65 bits per heavy atom. The van der Waals surface area contributed by atoms with E-state index in [1.807, 2.05) is 6.07 Å². The van der Waals surface area contributed by atoms with Gasteiger partial charge in [0.05, 0.1) is 6.10 Å². The Morgan fingerprint density at radius 3 is 2.18 bits per heavy atom. The molecule has 94 valence electrons. The van der Waals surface area contributed by atoms with Crippen LogP contribution >= 0.6 is 0 Å². The van der Waals surface area contributed by atoms with Crippen molar-refractivity contribution in [2.45, 2.75) is 58.0 Å². The minimum absolute atomic E-state index is 0.0844. The largest absolute Gasteiger partial charge is 0.344 e. The summed E-state index contributed by atoms with van der Waals surface area (Å²) in [7, 11) is 0. The molecule has 0 bridgehead atoms. The lowest BCUT2D eigenvalue weighted by molar-refractivity contribution is -0.179. The Kier molecular flexibility index (Phi) is 3.85.